The molecule has 0 fully saturated rings. The number of phenolic OH excluding ortho intramolecular Hbond substituents is 1. The third-order valence-electron chi connectivity index (χ3n) is 6.37. The van der Waals surface area contributed by atoms with Crippen LogP contribution in [-0.2, 0) is 24.2 Å². The first-order valence-electron chi connectivity index (χ1n) is 11.1. The standard InChI is InChI=1S/C26H21F2N3O4/c27-17-12-16-9-10-30(14-18(16)19(28)13-17)24(33)21(11-15-5-2-1-3-6-15)31-25(34)23-20(29-26(31)35)7-4-8-22(23)32/h1-8,12-13,21,32H,9-11,14H2,(H,29,35)/t21-/m1/s1. The van der Waals surface area contributed by atoms with Crippen LogP contribution in [0.15, 0.2) is 70.3 Å². The topological polar surface area (TPSA) is 95.4 Å². The highest BCUT2D eigenvalue weighted by atomic mass is 19.1. The van der Waals surface area contributed by atoms with E-state index in [1.807, 2.05) is 0 Å². The molecule has 3 aromatic carbocycles. The Bertz CT molecular complexity index is 1560. The molecule has 5 rings (SSSR count). The van der Waals surface area contributed by atoms with Gasteiger partial charge in [-0.2, -0.15) is 0 Å². The Balaban J connectivity index is 1.61. The zero-order valence-electron chi connectivity index (χ0n) is 18.5. The van der Waals surface area contributed by atoms with Crippen molar-refractivity contribution in [3.05, 3.63) is 110 Å². The first kappa shape index (κ1) is 22.5. The summed E-state index contributed by atoms with van der Waals surface area (Å²) in [5.41, 5.74) is -0.0492. The predicted octanol–water partition coefficient (Wildman–Crippen LogP) is 3.04. The highest BCUT2D eigenvalue weighted by molar-refractivity contribution is 5.85. The van der Waals surface area contributed by atoms with Gasteiger partial charge in [0.1, 0.15) is 28.8 Å². The second kappa shape index (κ2) is 8.83. The first-order chi connectivity index (χ1) is 16.8. The van der Waals surface area contributed by atoms with Crippen LogP contribution in [0.3, 0.4) is 0 Å². The number of carbonyl (C=O) groups is 1. The van der Waals surface area contributed by atoms with E-state index in [4.69, 9.17) is 0 Å². The molecular weight excluding hydrogens is 456 g/mol. The molecule has 4 aromatic rings. The maximum Gasteiger partial charge on any atom is 0.329 e. The molecule has 1 aliphatic heterocycles. The number of nitrogens with one attached hydrogen (secondary N) is 1. The fraction of sp³-hybridized carbons (Fsp3) is 0.192. The number of aromatic hydroxyl groups is 1. The molecule has 0 saturated heterocycles. The van der Waals surface area contributed by atoms with Crippen molar-refractivity contribution in [3.63, 3.8) is 0 Å². The van der Waals surface area contributed by atoms with Crippen molar-refractivity contribution in [2.75, 3.05) is 6.54 Å². The van der Waals surface area contributed by atoms with Crippen LogP contribution >= 0.6 is 0 Å². The number of amides is 1. The second-order valence-electron chi connectivity index (χ2n) is 8.55. The maximum absolute atomic E-state index is 14.5. The average Bonchev–Trinajstić information content (AvgIpc) is 2.83. The van der Waals surface area contributed by atoms with Crippen molar-refractivity contribution < 1.29 is 18.7 Å². The van der Waals surface area contributed by atoms with Gasteiger partial charge in [0.05, 0.1) is 5.52 Å². The van der Waals surface area contributed by atoms with Gasteiger partial charge in [-0.25, -0.2) is 18.1 Å². The van der Waals surface area contributed by atoms with Gasteiger partial charge < -0.3 is 15.0 Å². The summed E-state index contributed by atoms with van der Waals surface area (Å²) in [6.45, 7) is 0.0581. The Labute approximate surface area is 197 Å². The second-order valence-corrected chi connectivity index (χ2v) is 8.55. The van der Waals surface area contributed by atoms with Gasteiger partial charge in [-0.1, -0.05) is 36.4 Å². The minimum atomic E-state index is -1.25. The lowest BCUT2D eigenvalue weighted by Gasteiger charge is -2.32. The van der Waals surface area contributed by atoms with Gasteiger partial charge in [-0.3, -0.25) is 9.59 Å². The highest BCUT2D eigenvalue weighted by Crippen LogP contribution is 2.26. The molecule has 1 aliphatic rings. The van der Waals surface area contributed by atoms with E-state index in [0.29, 0.717) is 11.1 Å². The van der Waals surface area contributed by atoms with Crippen molar-refractivity contribution >= 4 is 16.8 Å². The molecule has 0 bridgehead atoms. The highest BCUT2D eigenvalue weighted by Gasteiger charge is 2.32. The van der Waals surface area contributed by atoms with Crippen LogP contribution in [-0.4, -0.2) is 32.0 Å². The molecule has 2 N–H and O–H groups in total. The fourth-order valence-electron chi connectivity index (χ4n) is 4.65. The molecular formula is C26H21F2N3O4. The number of aromatic amines is 1. The number of H-pyrrole nitrogens is 1. The zero-order valence-corrected chi connectivity index (χ0v) is 18.5. The Morgan fingerprint density at radius 1 is 1.06 bits per heavy atom. The van der Waals surface area contributed by atoms with Gasteiger partial charge in [0.25, 0.3) is 5.56 Å². The summed E-state index contributed by atoms with van der Waals surface area (Å²) in [5, 5.41) is 10.2. The van der Waals surface area contributed by atoms with E-state index in [1.54, 1.807) is 30.3 Å². The lowest BCUT2D eigenvalue weighted by Crippen LogP contribution is -2.48. The lowest BCUT2D eigenvalue weighted by molar-refractivity contribution is -0.136. The number of hydrogen-bond acceptors (Lipinski definition) is 4. The molecule has 35 heavy (non-hydrogen) atoms. The molecule has 9 heteroatoms. The molecule has 0 radical (unpaired) electrons. The smallest absolute Gasteiger partial charge is 0.329 e. The summed E-state index contributed by atoms with van der Waals surface area (Å²) in [6.07, 6.45) is 0.259. The van der Waals surface area contributed by atoms with Gasteiger partial charge >= 0.3 is 5.69 Å². The van der Waals surface area contributed by atoms with E-state index in [-0.39, 0.29) is 48.1 Å². The van der Waals surface area contributed by atoms with Crippen LogP contribution in [0.25, 0.3) is 10.9 Å². The molecule has 0 aliphatic carbocycles. The van der Waals surface area contributed by atoms with Gasteiger partial charge in [0.2, 0.25) is 5.91 Å². The molecule has 178 valence electrons. The molecule has 0 spiro atoms. The molecule has 1 atom stereocenters. The van der Waals surface area contributed by atoms with Gasteiger partial charge in [-0.05, 0) is 35.7 Å². The van der Waals surface area contributed by atoms with E-state index in [1.165, 1.54) is 29.2 Å². The summed E-state index contributed by atoms with van der Waals surface area (Å²) >= 11 is 0. The van der Waals surface area contributed by atoms with Crippen molar-refractivity contribution in [3.8, 4) is 5.75 Å². The molecule has 0 unspecified atom stereocenters. The molecule has 1 aromatic heterocycles. The number of nitrogens with zero attached hydrogens (tertiary/aromatic N) is 2. The Kier molecular flexibility index (Phi) is 5.68. The summed E-state index contributed by atoms with van der Waals surface area (Å²) in [4.78, 5) is 44.1. The number of carbonyl (C=O) groups excluding carboxylic acids is 1. The third kappa shape index (κ3) is 4.09. The molecule has 1 amide bonds. The number of benzene rings is 3. The largest absolute Gasteiger partial charge is 0.507 e. The quantitative estimate of drug-likeness (QED) is 0.472. The zero-order chi connectivity index (χ0) is 24.7. The van der Waals surface area contributed by atoms with E-state index >= 15 is 0 Å². The number of hydrogen-bond donors (Lipinski definition) is 2. The number of halogens is 2. The monoisotopic (exact) mass is 477 g/mol. The van der Waals surface area contributed by atoms with Crippen molar-refractivity contribution in [1.29, 1.82) is 0 Å². The third-order valence-corrected chi connectivity index (χ3v) is 6.37. The molecule has 0 saturated carbocycles. The number of phenols is 1. The predicted molar refractivity (Wildman–Crippen MR) is 125 cm³/mol. The van der Waals surface area contributed by atoms with E-state index < -0.39 is 34.8 Å². The lowest BCUT2D eigenvalue weighted by atomic mass is 9.97. The van der Waals surface area contributed by atoms with Crippen LogP contribution in [0, 0.1) is 11.6 Å². The van der Waals surface area contributed by atoms with Gasteiger partial charge in [0, 0.05) is 31.1 Å². The Morgan fingerprint density at radius 2 is 1.83 bits per heavy atom. The van der Waals surface area contributed by atoms with Crippen molar-refractivity contribution in [2.45, 2.75) is 25.4 Å². The van der Waals surface area contributed by atoms with Crippen LogP contribution in [0.2, 0.25) is 0 Å². The van der Waals surface area contributed by atoms with E-state index in [2.05, 4.69) is 4.98 Å². The van der Waals surface area contributed by atoms with E-state index in [9.17, 15) is 28.3 Å². The minimum absolute atomic E-state index is 0.0248. The summed E-state index contributed by atoms with van der Waals surface area (Å²) in [7, 11) is 0. The normalized spacial score (nSPS) is 14.1. The average molecular weight is 477 g/mol. The number of rotatable bonds is 4. The summed E-state index contributed by atoms with van der Waals surface area (Å²) in [5.74, 6) is -2.30. The van der Waals surface area contributed by atoms with Crippen LogP contribution in [0.5, 0.6) is 5.75 Å². The van der Waals surface area contributed by atoms with Crippen LogP contribution in [0.1, 0.15) is 22.7 Å². The summed E-state index contributed by atoms with van der Waals surface area (Å²) < 4.78 is 28.9. The summed E-state index contributed by atoms with van der Waals surface area (Å²) in [6, 6.07) is 14.0. The SMILES string of the molecule is O=C([C@@H](Cc1ccccc1)n1c(=O)[nH]c2cccc(O)c2c1=O)N1CCc2cc(F)cc(F)c2C1. The molecule has 2 heterocycles. The van der Waals surface area contributed by atoms with Crippen molar-refractivity contribution in [1.82, 2.24) is 14.5 Å². The number of fused-ring (bicyclic) bond motifs is 2. The van der Waals surface area contributed by atoms with Crippen molar-refractivity contribution in [2.24, 2.45) is 0 Å². The number of aromatic nitrogens is 2. The first-order valence-corrected chi connectivity index (χ1v) is 11.1. The van der Waals surface area contributed by atoms with Gasteiger partial charge in [0.15, 0.2) is 0 Å². The van der Waals surface area contributed by atoms with Crippen LogP contribution < -0.4 is 11.2 Å². The van der Waals surface area contributed by atoms with Gasteiger partial charge in [-0.15, -0.1) is 0 Å². The minimum Gasteiger partial charge on any atom is -0.507 e. The maximum atomic E-state index is 14.5. The van der Waals surface area contributed by atoms with Crippen LogP contribution in [0.4, 0.5) is 8.78 Å². The Morgan fingerprint density at radius 3 is 2.60 bits per heavy atom. The van der Waals surface area contributed by atoms with E-state index in [0.717, 1.165) is 10.6 Å². The fourth-order valence-corrected chi connectivity index (χ4v) is 4.65. The molecule has 7 nitrogen and oxygen atoms in total. The Hall–Kier alpha value is -4.27.